The Kier molecular flexibility index (Phi) is 7.65. The number of benzene rings is 2. The number of alkyl halides is 1. The molecule has 3 aromatic rings. The van der Waals surface area contributed by atoms with Gasteiger partial charge in [0.05, 0.1) is 24.0 Å². The number of furan rings is 1. The van der Waals surface area contributed by atoms with Crippen LogP contribution in [0.4, 0.5) is 14.5 Å². The van der Waals surface area contributed by atoms with Gasteiger partial charge in [-0.1, -0.05) is 26.0 Å². The molecule has 1 unspecified atom stereocenters. The lowest BCUT2D eigenvalue weighted by Gasteiger charge is -2.24. The largest absolute Gasteiger partial charge is 0.465 e. The molecule has 4 rings (SSSR count). The van der Waals surface area contributed by atoms with Crippen LogP contribution in [0.5, 0.6) is 5.75 Å². The lowest BCUT2D eigenvalue weighted by Crippen LogP contribution is -2.22. The number of anilines is 1. The third kappa shape index (κ3) is 5.23. The van der Waals surface area contributed by atoms with E-state index in [-0.39, 0.29) is 33.2 Å². The number of rotatable bonds is 9. The van der Waals surface area contributed by atoms with E-state index in [9.17, 15) is 22.0 Å². The minimum Gasteiger partial charge on any atom is -0.465 e. The number of halogens is 2. The zero-order chi connectivity index (χ0) is 26.7. The molecule has 37 heavy (non-hydrogen) atoms. The molecule has 0 amide bonds. The van der Waals surface area contributed by atoms with Gasteiger partial charge in [0.1, 0.15) is 17.1 Å². The molecule has 11 heteroatoms. The van der Waals surface area contributed by atoms with E-state index in [1.807, 2.05) is 13.8 Å². The molecule has 1 aliphatic rings. The Morgan fingerprint density at radius 2 is 1.92 bits per heavy atom. The molecule has 196 valence electrons. The van der Waals surface area contributed by atoms with Gasteiger partial charge in [0.15, 0.2) is 5.76 Å². The number of esters is 1. The second kappa shape index (κ2) is 10.7. The maximum absolute atomic E-state index is 14.6. The first-order valence-electron chi connectivity index (χ1n) is 11.5. The van der Waals surface area contributed by atoms with Crippen molar-refractivity contribution in [2.75, 3.05) is 31.5 Å². The fourth-order valence-electron chi connectivity index (χ4n) is 4.09. The third-order valence-corrected chi connectivity index (χ3v) is 7.46. The quantitative estimate of drug-likeness (QED) is 0.369. The molecular formula is C26H26F2N2O6S. The first-order chi connectivity index (χ1) is 17.7. The standard InChI is InChI=1S/C26H26F2N2O6S/c1-4-30(5-2)13-6-7-16-15-17(27)8-11-21(16)37(32,33)29-20-10-9-18-19-12-14-35-24(19)25(28)36-23(18)22(20)26(31)34-3/h6-12,14-15,25,29H,4-5,13H2,1-3H3/b7-6-. The van der Waals surface area contributed by atoms with E-state index in [1.54, 1.807) is 6.08 Å². The smallest absolute Gasteiger partial charge is 0.343 e. The van der Waals surface area contributed by atoms with Crippen LogP contribution in [0.15, 0.2) is 58.1 Å². The van der Waals surface area contributed by atoms with Gasteiger partial charge in [0, 0.05) is 17.7 Å². The van der Waals surface area contributed by atoms with Crippen molar-refractivity contribution < 1.29 is 35.9 Å². The Balaban J connectivity index is 1.75. The molecule has 2 aromatic carbocycles. The van der Waals surface area contributed by atoms with Crippen molar-refractivity contribution >= 4 is 27.8 Å². The summed E-state index contributed by atoms with van der Waals surface area (Å²) in [5.41, 5.74) is 0.335. The fraction of sp³-hybridized carbons (Fsp3) is 0.269. The summed E-state index contributed by atoms with van der Waals surface area (Å²) in [6.07, 6.45) is 2.56. The van der Waals surface area contributed by atoms with Crippen molar-refractivity contribution in [3.05, 3.63) is 71.4 Å². The number of nitrogens with zero attached hydrogens (tertiary/aromatic N) is 1. The highest BCUT2D eigenvalue weighted by molar-refractivity contribution is 7.92. The number of carbonyl (C=O) groups excluding carboxylic acids is 1. The van der Waals surface area contributed by atoms with Crippen LogP contribution < -0.4 is 9.46 Å². The Morgan fingerprint density at radius 1 is 1.16 bits per heavy atom. The number of hydrogen-bond donors (Lipinski definition) is 1. The second-order valence-electron chi connectivity index (χ2n) is 8.16. The van der Waals surface area contributed by atoms with Gasteiger partial charge in [-0.15, -0.1) is 0 Å². The number of methoxy groups -OCH3 is 1. The summed E-state index contributed by atoms with van der Waals surface area (Å²) in [6, 6.07) is 7.62. The first kappa shape index (κ1) is 26.4. The average Bonchev–Trinajstić information content (AvgIpc) is 3.37. The topological polar surface area (TPSA) is 98.1 Å². The van der Waals surface area contributed by atoms with Crippen molar-refractivity contribution in [2.24, 2.45) is 0 Å². The molecule has 8 nitrogen and oxygen atoms in total. The summed E-state index contributed by atoms with van der Waals surface area (Å²) in [7, 11) is -3.22. The Bertz CT molecular complexity index is 1450. The van der Waals surface area contributed by atoms with Gasteiger partial charge in [-0.2, -0.15) is 4.39 Å². The van der Waals surface area contributed by atoms with Gasteiger partial charge in [-0.05, 0) is 55.1 Å². The first-order valence-corrected chi connectivity index (χ1v) is 13.0. The highest BCUT2D eigenvalue weighted by Crippen LogP contribution is 2.47. The predicted molar refractivity (Wildman–Crippen MR) is 134 cm³/mol. The lowest BCUT2D eigenvalue weighted by atomic mass is 9.98. The number of sulfonamides is 1. The van der Waals surface area contributed by atoms with Crippen LogP contribution in [0.2, 0.25) is 0 Å². The van der Waals surface area contributed by atoms with Crippen LogP contribution in [-0.4, -0.2) is 46.0 Å². The van der Waals surface area contributed by atoms with E-state index in [1.165, 1.54) is 30.5 Å². The van der Waals surface area contributed by atoms with Gasteiger partial charge in [-0.3, -0.25) is 4.72 Å². The lowest BCUT2D eigenvalue weighted by molar-refractivity contribution is 0.0395. The normalized spacial score (nSPS) is 14.8. The third-order valence-electron chi connectivity index (χ3n) is 6.02. The highest BCUT2D eigenvalue weighted by atomic mass is 32.2. The van der Waals surface area contributed by atoms with Crippen LogP contribution in [0.25, 0.3) is 17.2 Å². The molecule has 0 aliphatic carbocycles. The van der Waals surface area contributed by atoms with Crippen molar-refractivity contribution in [2.45, 2.75) is 25.1 Å². The minimum atomic E-state index is -4.33. The summed E-state index contributed by atoms with van der Waals surface area (Å²) < 4.78 is 73.2. The zero-order valence-corrected chi connectivity index (χ0v) is 21.3. The predicted octanol–water partition coefficient (Wildman–Crippen LogP) is 5.39. The summed E-state index contributed by atoms with van der Waals surface area (Å²) in [4.78, 5) is 14.6. The van der Waals surface area contributed by atoms with E-state index >= 15 is 0 Å². The molecule has 0 bridgehead atoms. The van der Waals surface area contributed by atoms with Crippen LogP contribution in [-0.2, 0) is 14.8 Å². The number of fused-ring (bicyclic) bond motifs is 3. The summed E-state index contributed by atoms with van der Waals surface area (Å²) in [5.74, 6) is -1.80. The number of hydrogen-bond acceptors (Lipinski definition) is 7. The zero-order valence-electron chi connectivity index (χ0n) is 20.5. The molecule has 0 spiro atoms. The SMILES string of the molecule is CCN(CC)C/C=C\c1cc(F)ccc1S(=O)(=O)Nc1ccc2c(c1C(=O)OC)OC(F)c1occc1-2. The maximum atomic E-state index is 14.6. The monoisotopic (exact) mass is 532 g/mol. The maximum Gasteiger partial charge on any atom is 0.343 e. The van der Waals surface area contributed by atoms with E-state index in [0.29, 0.717) is 17.7 Å². The Hall–Kier alpha value is -3.70. The van der Waals surface area contributed by atoms with Crippen molar-refractivity contribution in [3.63, 3.8) is 0 Å². The molecule has 1 aliphatic heterocycles. The van der Waals surface area contributed by atoms with Crippen molar-refractivity contribution in [3.8, 4) is 16.9 Å². The molecule has 1 atom stereocenters. The minimum absolute atomic E-state index is 0.0656. The van der Waals surface area contributed by atoms with Gasteiger partial charge in [0.25, 0.3) is 16.4 Å². The van der Waals surface area contributed by atoms with E-state index < -0.39 is 28.2 Å². The van der Waals surface area contributed by atoms with Crippen LogP contribution in [0.3, 0.4) is 0 Å². The van der Waals surface area contributed by atoms with Crippen LogP contribution in [0, 0.1) is 5.82 Å². The Labute approximate surface area is 213 Å². The molecular weight excluding hydrogens is 506 g/mol. The summed E-state index contributed by atoms with van der Waals surface area (Å²) in [6.45, 7) is 6.14. The van der Waals surface area contributed by atoms with Crippen LogP contribution >= 0.6 is 0 Å². The molecule has 1 N–H and O–H groups in total. The number of ether oxygens (including phenoxy) is 2. The molecule has 0 fully saturated rings. The van der Waals surface area contributed by atoms with Crippen molar-refractivity contribution in [1.82, 2.24) is 4.90 Å². The molecule has 0 saturated heterocycles. The van der Waals surface area contributed by atoms with Gasteiger partial charge < -0.3 is 18.8 Å². The summed E-state index contributed by atoms with van der Waals surface area (Å²) in [5, 5.41) is 0. The van der Waals surface area contributed by atoms with Gasteiger partial charge in [0.2, 0.25) is 0 Å². The number of nitrogens with one attached hydrogen (secondary N) is 1. The molecule has 0 saturated carbocycles. The van der Waals surface area contributed by atoms with Crippen LogP contribution in [0.1, 0.15) is 41.9 Å². The Morgan fingerprint density at radius 3 is 2.62 bits per heavy atom. The van der Waals surface area contributed by atoms with E-state index in [2.05, 4.69) is 9.62 Å². The van der Waals surface area contributed by atoms with E-state index in [0.717, 1.165) is 38.4 Å². The molecule has 0 radical (unpaired) electrons. The highest BCUT2D eigenvalue weighted by Gasteiger charge is 2.35. The molecule has 2 heterocycles. The fourth-order valence-corrected chi connectivity index (χ4v) is 5.34. The number of carbonyl (C=O) groups is 1. The average molecular weight is 533 g/mol. The molecule has 1 aromatic heterocycles. The van der Waals surface area contributed by atoms with E-state index in [4.69, 9.17) is 13.9 Å². The number of likely N-dealkylation sites (N-methyl/N-ethyl adjacent to an activating group) is 1. The second-order valence-corrected chi connectivity index (χ2v) is 9.82. The summed E-state index contributed by atoms with van der Waals surface area (Å²) >= 11 is 0. The van der Waals surface area contributed by atoms with Gasteiger partial charge in [-0.25, -0.2) is 17.6 Å². The van der Waals surface area contributed by atoms with Gasteiger partial charge >= 0.3 is 5.97 Å². The van der Waals surface area contributed by atoms with Crippen molar-refractivity contribution in [1.29, 1.82) is 0 Å².